The third kappa shape index (κ3) is 6.34. The fourth-order valence-electron chi connectivity index (χ4n) is 2.97. The van der Waals surface area contributed by atoms with Crippen molar-refractivity contribution in [3.05, 3.63) is 24.0 Å². The molecule has 1 saturated heterocycles. The highest BCUT2D eigenvalue weighted by Crippen LogP contribution is 2.22. The van der Waals surface area contributed by atoms with E-state index in [-0.39, 0.29) is 11.6 Å². The van der Waals surface area contributed by atoms with Gasteiger partial charge in [0.25, 0.3) is 0 Å². The van der Waals surface area contributed by atoms with Gasteiger partial charge in [-0.25, -0.2) is 17.5 Å². The summed E-state index contributed by atoms with van der Waals surface area (Å²) in [7, 11) is -4.02. The summed E-state index contributed by atoms with van der Waals surface area (Å²) in [6, 6.07) is 3.58. The van der Waals surface area contributed by atoms with Gasteiger partial charge in [0.2, 0.25) is 15.9 Å². The molecule has 0 bridgehead atoms. The van der Waals surface area contributed by atoms with Crippen LogP contribution in [0.2, 0.25) is 0 Å². The molecule has 26 heavy (non-hydrogen) atoms. The van der Waals surface area contributed by atoms with Crippen LogP contribution in [0, 0.1) is 11.7 Å². The van der Waals surface area contributed by atoms with Crippen molar-refractivity contribution < 1.29 is 17.6 Å². The lowest BCUT2D eigenvalue weighted by atomic mass is 9.93. The molecule has 1 aromatic carbocycles. The molecule has 0 unspecified atom stereocenters. The molecule has 146 valence electrons. The van der Waals surface area contributed by atoms with Gasteiger partial charge >= 0.3 is 0 Å². The van der Waals surface area contributed by atoms with Gasteiger partial charge in [0.1, 0.15) is 10.7 Å². The zero-order valence-electron chi connectivity index (χ0n) is 15.6. The molecule has 0 saturated carbocycles. The van der Waals surface area contributed by atoms with Crippen molar-refractivity contribution in [3.63, 3.8) is 0 Å². The van der Waals surface area contributed by atoms with Crippen molar-refractivity contribution in [2.75, 3.05) is 18.4 Å². The van der Waals surface area contributed by atoms with Gasteiger partial charge in [-0.2, -0.15) is 0 Å². The monoisotopic (exact) mass is 385 g/mol. The summed E-state index contributed by atoms with van der Waals surface area (Å²) in [5, 5.41) is 5.96. The zero-order valence-corrected chi connectivity index (χ0v) is 16.4. The molecular weight excluding hydrogens is 357 g/mol. The molecule has 1 aromatic rings. The Hall–Kier alpha value is -1.51. The number of piperidine rings is 1. The van der Waals surface area contributed by atoms with Gasteiger partial charge in [-0.3, -0.25) is 4.79 Å². The van der Waals surface area contributed by atoms with E-state index < -0.39 is 26.3 Å². The van der Waals surface area contributed by atoms with Gasteiger partial charge in [-0.1, -0.05) is 0 Å². The summed E-state index contributed by atoms with van der Waals surface area (Å²) in [6.07, 6.45) is 3.28. The molecule has 2 rings (SSSR count). The van der Waals surface area contributed by atoms with Crippen LogP contribution in [0.3, 0.4) is 0 Å². The van der Waals surface area contributed by atoms with Gasteiger partial charge in [0.05, 0.1) is 0 Å². The van der Waals surface area contributed by atoms with Crippen LogP contribution in [0.25, 0.3) is 0 Å². The molecule has 0 spiro atoms. The lowest BCUT2D eigenvalue weighted by Crippen LogP contribution is -2.40. The van der Waals surface area contributed by atoms with E-state index in [0.29, 0.717) is 12.3 Å². The molecular formula is C18H28FN3O3S. The minimum absolute atomic E-state index is 0.192. The molecule has 6 nitrogen and oxygen atoms in total. The first-order valence-electron chi connectivity index (χ1n) is 8.91. The van der Waals surface area contributed by atoms with Crippen molar-refractivity contribution in [2.45, 2.75) is 56.9 Å². The molecule has 1 amide bonds. The predicted octanol–water partition coefficient (Wildman–Crippen LogP) is 2.62. The van der Waals surface area contributed by atoms with Gasteiger partial charge < -0.3 is 10.6 Å². The Labute approximate surface area is 155 Å². The quantitative estimate of drug-likeness (QED) is 0.702. The number of amides is 1. The van der Waals surface area contributed by atoms with Crippen molar-refractivity contribution >= 4 is 21.6 Å². The van der Waals surface area contributed by atoms with Crippen molar-refractivity contribution in [1.82, 2.24) is 10.0 Å². The van der Waals surface area contributed by atoms with E-state index in [1.54, 1.807) is 20.8 Å². The smallest absolute Gasteiger partial charge is 0.244 e. The summed E-state index contributed by atoms with van der Waals surface area (Å²) < 4.78 is 41.2. The number of hydrogen-bond donors (Lipinski definition) is 3. The second kappa shape index (κ2) is 8.45. The average molecular weight is 386 g/mol. The molecule has 0 aromatic heterocycles. The number of rotatable bonds is 6. The van der Waals surface area contributed by atoms with Gasteiger partial charge in [0, 0.05) is 17.6 Å². The Bertz CT molecular complexity index is 739. The first kappa shape index (κ1) is 20.8. The van der Waals surface area contributed by atoms with Crippen molar-refractivity contribution in [2.24, 2.45) is 5.92 Å². The number of sulfonamides is 1. The molecule has 1 aliphatic heterocycles. The van der Waals surface area contributed by atoms with Crippen LogP contribution in [0.15, 0.2) is 23.1 Å². The third-order valence-corrected chi connectivity index (χ3v) is 5.96. The topological polar surface area (TPSA) is 87.3 Å². The minimum Gasteiger partial charge on any atom is -0.326 e. The van der Waals surface area contributed by atoms with Crippen LogP contribution in [0.4, 0.5) is 10.1 Å². The van der Waals surface area contributed by atoms with E-state index in [9.17, 15) is 17.6 Å². The van der Waals surface area contributed by atoms with Crippen molar-refractivity contribution in [1.29, 1.82) is 0 Å². The standard InChI is InChI=1S/C18H28FN3O3S/c1-18(2,3)22-26(24,25)16-12-14(5-6-15(16)19)21-17(23)7-4-13-8-10-20-11-9-13/h5-6,12-13,20,22H,4,7-11H2,1-3H3,(H,21,23). The Morgan fingerprint density at radius 2 is 1.92 bits per heavy atom. The summed E-state index contributed by atoms with van der Waals surface area (Å²) in [5.74, 6) is -0.515. The maximum atomic E-state index is 14.0. The lowest BCUT2D eigenvalue weighted by molar-refractivity contribution is -0.116. The molecule has 1 aliphatic rings. The Morgan fingerprint density at radius 3 is 2.54 bits per heavy atom. The van der Waals surface area contributed by atoms with Crippen molar-refractivity contribution in [3.8, 4) is 0 Å². The second-order valence-electron chi connectivity index (χ2n) is 7.78. The molecule has 3 N–H and O–H groups in total. The number of carbonyl (C=O) groups is 1. The number of carbonyl (C=O) groups excluding carboxylic acids is 1. The van der Waals surface area contributed by atoms with Gasteiger partial charge in [-0.05, 0) is 77.2 Å². The fraction of sp³-hybridized carbons (Fsp3) is 0.611. The number of benzene rings is 1. The highest BCUT2D eigenvalue weighted by molar-refractivity contribution is 7.89. The van der Waals surface area contributed by atoms with Gasteiger partial charge in [-0.15, -0.1) is 0 Å². The highest BCUT2D eigenvalue weighted by atomic mass is 32.2. The number of anilines is 1. The lowest BCUT2D eigenvalue weighted by Gasteiger charge is -2.22. The van der Waals surface area contributed by atoms with Crippen LogP contribution >= 0.6 is 0 Å². The predicted molar refractivity (Wildman–Crippen MR) is 99.9 cm³/mol. The number of nitrogens with one attached hydrogen (secondary N) is 3. The Kier molecular flexibility index (Phi) is 6.76. The maximum Gasteiger partial charge on any atom is 0.244 e. The highest BCUT2D eigenvalue weighted by Gasteiger charge is 2.25. The molecule has 0 aliphatic carbocycles. The van der Waals surface area contributed by atoms with E-state index in [0.717, 1.165) is 44.5 Å². The SMILES string of the molecule is CC(C)(C)NS(=O)(=O)c1cc(NC(=O)CCC2CCNCC2)ccc1F. The fourth-order valence-corrected chi connectivity index (χ4v) is 4.50. The van der Waals surface area contributed by atoms with Crippen LogP contribution in [0.1, 0.15) is 46.5 Å². The summed E-state index contributed by atoms with van der Waals surface area (Å²) in [6.45, 7) is 6.98. The van der Waals surface area contributed by atoms with Crippen LogP contribution in [0.5, 0.6) is 0 Å². The first-order chi connectivity index (χ1) is 12.1. The number of hydrogen-bond acceptors (Lipinski definition) is 4. The summed E-state index contributed by atoms with van der Waals surface area (Å²) in [5.41, 5.74) is -0.463. The summed E-state index contributed by atoms with van der Waals surface area (Å²) >= 11 is 0. The Balaban J connectivity index is 2.03. The van der Waals surface area contributed by atoms with E-state index in [1.807, 2.05) is 0 Å². The number of halogens is 1. The van der Waals surface area contributed by atoms with Crippen LogP contribution in [-0.4, -0.2) is 33.0 Å². The zero-order chi connectivity index (χ0) is 19.4. The summed E-state index contributed by atoms with van der Waals surface area (Å²) in [4.78, 5) is 11.7. The molecule has 1 fully saturated rings. The normalized spacial score (nSPS) is 16.5. The molecule has 0 radical (unpaired) electrons. The molecule has 0 atom stereocenters. The van der Waals surface area contributed by atoms with Crippen LogP contribution < -0.4 is 15.4 Å². The second-order valence-corrected chi connectivity index (χ2v) is 9.43. The minimum atomic E-state index is -4.02. The van der Waals surface area contributed by atoms with E-state index in [1.165, 1.54) is 6.07 Å². The Morgan fingerprint density at radius 1 is 1.27 bits per heavy atom. The largest absolute Gasteiger partial charge is 0.326 e. The molecule has 8 heteroatoms. The van der Waals surface area contributed by atoms with Crippen LogP contribution in [-0.2, 0) is 14.8 Å². The third-order valence-electron chi connectivity index (χ3n) is 4.18. The van der Waals surface area contributed by atoms with E-state index >= 15 is 0 Å². The van der Waals surface area contributed by atoms with Gasteiger partial charge in [0.15, 0.2) is 0 Å². The maximum absolute atomic E-state index is 14.0. The first-order valence-corrected chi connectivity index (χ1v) is 10.4. The van der Waals surface area contributed by atoms with E-state index in [4.69, 9.17) is 0 Å². The molecule has 1 heterocycles. The van der Waals surface area contributed by atoms with E-state index in [2.05, 4.69) is 15.4 Å². The average Bonchev–Trinajstić information content (AvgIpc) is 2.53.